The molecule has 152 valence electrons. The fourth-order valence-corrected chi connectivity index (χ4v) is 4.03. The van der Waals surface area contributed by atoms with Crippen molar-refractivity contribution in [3.05, 3.63) is 78.6 Å². The number of aromatic nitrogens is 3. The minimum absolute atomic E-state index is 0.214. The first-order chi connectivity index (χ1) is 14.5. The fourth-order valence-electron chi connectivity index (χ4n) is 3.02. The van der Waals surface area contributed by atoms with E-state index in [1.54, 1.807) is 37.6 Å². The van der Waals surface area contributed by atoms with E-state index in [0.29, 0.717) is 5.69 Å². The molecule has 0 aliphatic rings. The largest absolute Gasteiger partial charge is 0.373 e. The molecule has 0 saturated carbocycles. The van der Waals surface area contributed by atoms with Gasteiger partial charge in [-0.05, 0) is 42.0 Å². The Kier molecular flexibility index (Phi) is 5.53. The molecule has 4 aromatic rings. The molecule has 0 amide bonds. The van der Waals surface area contributed by atoms with E-state index in [0.717, 1.165) is 46.4 Å². The molecule has 9 heteroatoms. The van der Waals surface area contributed by atoms with E-state index in [1.807, 2.05) is 18.2 Å². The molecule has 2 aromatic heterocycles. The topological polar surface area (TPSA) is 82.7 Å². The number of nitrogens with one attached hydrogen (secondary N) is 3. The van der Waals surface area contributed by atoms with Crippen molar-refractivity contribution in [2.24, 2.45) is 0 Å². The first-order valence-electron chi connectivity index (χ1n) is 9.02. The zero-order valence-electron chi connectivity index (χ0n) is 15.9. The Labute approximate surface area is 174 Å². The maximum absolute atomic E-state index is 13.9. The van der Waals surface area contributed by atoms with Crippen molar-refractivity contribution in [2.75, 3.05) is 17.1 Å². The summed E-state index contributed by atoms with van der Waals surface area (Å²) in [5, 5.41) is 10.1. The van der Waals surface area contributed by atoms with Crippen molar-refractivity contribution < 1.29 is 13.0 Å². The van der Waals surface area contributed by atoms with Gasteiger partial charge in [-0.1, -0.05) is 16.3 Å². The summed E-state index contributed by atoms with van der Waals surface area (Å²) in [4.78, 5) is 4.00. The van der Waals surface area contributed by atoms with Crippen molar-refractivity contribution >= 4 is 22.5 Å². The summed E-state index contributed by atoms with van der Waals surface area (Å²) in [6.07, 6.45) is 3.42. The number of H-pyrrole nitrogens is 1. The van der Waals surface area contributed by atoms with Crippen LogP contribution in [0.25, 0.3) is 22.4 Å². The smallest absolute Gasteiger partial charge is 0.218 e. The number of hydrogen-bond acceptors (Lipinski definition) is 4. The summed E-state index contributed by atoms with van der Waals surface area (Å²) in [5.74, 6) is -0.648. The first kappa shape index (κ1) is 19.7. The lowest BCUT2D eigenvalue weighted by molar-refractivity contribution is 0.562. The van der Waals surface area contributed by atoms with Gasteiger partial charge in [-0.25, -0.2) is 18.5 Å². The van der Waals surface area contributed by atoms with Crippen LogP contribution in [0.15, 0.2) is 71.9 Å². The Hall–Kier alpha value is -3.59. The Morgan fingerprint density at radius 1 is 1.03 bits per heavy atom. The highest BCUT2D eigenvalue weighted by molar-refractivity contribution is 7.86. The van der Waals surface area contributed by atoms with Gasteiger partial charge in [-0.2, -0.15) is 5.10 Å². The highest BCUT2D eigenvalue weighted by atomic mass is 32.2. The highest BCUT2D eigenvalue weighted by Crippen LogP contribution is 2.32. The lowest BCUT2D eigenvalue weighted by Gasteiger charge is -2.07. The normalized spacial score (nSPS) is 11.8. The van der Waals surface area contributed by atoms with Crippen LogP contribution in [0, 0.1) is 11.6 Å². The molecule has 0 radical (unpaired) electrons. The van der Waals surface area contributed by atoms with Gasteiger partial charge < -0.3 is 5.32 Å². The van der Waals surface area contributed by atoms with E-state index < -0.39 is 22.6 Å². The predicted octanol–water partition coefficient (Wildman–Crippen LogP) is 4.54. The number of aromatic amines is 1. The molecule has 0 aliphatic carbocycles. The lowest BCUT2D eigenvalue weighted by atomic mass is 10.0. The van der Waals surface area contributed by atoms with Crippen molar-refractivity contribution in [3.8, 4) is 22.4 Å². The number of benzene rings is 2. The number of halogens is 2. The van der Waals surface area contributed by atoms with Crippen molar-refractivity contribution in [3.63, 3.8) is 0 Å². The SMILES string of the molecule is CNc1cc(-c2cn[nH]c2-c2cccc(N[SH+](=O)c3cc(F)ccc3F)c2)ccn1. The van der Waals surface area contributed by atoms with Gasteiger partial charge in [-0.3, -0.25) is 5.10 Å². The molecule has 4 rings (SSSR count). The van der Waals surface area contributed by atoms with Crippen LogP contribution in [0.4, 0.5) is 20.3 Å². The maximum Gasteiger partial charge on any atom is 0.218 e. The monoisotopic (exact) mass is 426 g/mol. The summed E-state index contributed by atoms with van der Waals surface area (Å²) in [6.45, 7) is 0. The minimum Gasteiger partial charge on any atom is -0.373 e. The molecule has 6 nitrogen and oxygen atoms in total. The molecular weight excluding hydrogens is 408 g/mol. The van der Waals surface area contributed by atoms with E-state index in [9.17, 15) is 13.0 Å². The van der Waals surface area contributed by atoms with E-state index in [-0.39, 0.29) is 4.90 Å². The average molecular weight is 426 g/mol. The minimum atomic E-state index is -2.37. The molecule has 0 fully saturated rings. The van der Waals surface area contributed by atoms with Crippen LogP contribution in [0.5, 0.6) is 0 Å². The molecule has 3 N–H and O–H groups in total. The van der Waals surface area contributed by atoms with Crippen molar-refractivity contribution in [2.45, 2.75) is 4.90 Å². The molecule has 1 unspecified atom stereocenters. The van der Waals surface area contributed by atoms with Crippen LogP contribution >= 0.6 is 0 Å². The molecule has 0 spiro atoms. The standard InChI is InChI=1S/C21H17F2N5OS/c1-24-20-10-13(7-8-25-20)17-12-26-27-21(17)14-3-2-4-16(9-14)28-30(29)19-11-15(22)5-6-18(19)23/h2-12H,1H3,(H,24,25)(H,26,27)(H,28,29)/p+1. The van der Waals surface area contributed by atoms with Gasteiger partial charge in [0.15, 0.2) is 16.8 Å². The summed E-state index contributed by atoms with van der Waals surface area (Å²) in [6, 6.07) is 13.8. The van der Waals surface area contributed by atoms with Crippen LogP contribution in [0.3, 0.4) is 0 Å². The third-order valence-electron chi connectivity index (χ3n) is 4.48. The van der Waals surface area contributed by atoms with Crippen LogP contribution in [0.1, 0.15) is 0 Å². The van der Waals surface area contributed by atoms with Gasteiger partial charge in [0.25, 0.3) is 0 Å². The van der Waals surface area contributed by atoms with Crippen LogP contribution in [0.2, 0.25) is 0 Å². The number of nitrogens with zero attached hydrogens (tertiary/aromatic N) is 2. The second-order valence-electron chi connectivity index (χ2n) is 6.42. The maximum atomic E-state index is 13.9. The molecule has 2 heterocycles. The third kappa shape index (κ3) is 4.06. The molecule has 0 saturated heterocycles. The average Bonchev–Trinajstić information content (AvgIpc) is 3.25. The summed E-state index contributed by atoms with van der Waals surface area (Å²) in [5.41, 5.74) is 3.84. The second kappa shape index (κ2) is 8.42. The predicted molar refractivity (Wildman–Crippen MR) is 114 cm³/mol. The van der Waals surface area contributed by atoms with E-state index >= 15 is 0 Å². The fraction of sp³-hybridized carbons (Fsp3) is 0.0476. The number of anilines is 2. The van der Waals surface area contributed by atoms with Gasteiger partial charge in [0, 0.05) is 30.4 Å². The Bertz CT molecular complexity index is 1230. The highest BCUT2D eigenvalue weighted by Gasteiger charge is 2.18. The number of rotatable bonds is 6. The lowest BCUT2D eigenvalue weighted by Crippen LogP contribution is -2.06. The molecule has 30 heavy (non-hydrogen) atoms. The van der Waals surface area contributed by atoms with E-state index in [1.165, 1.54) is 0 Å². The Morgan fingerprint density at radius 3 is 2.73 bits per heavy atom. The third-order valence-corrected chi connectivity index (χ3v) is 5.72. The van der Waals surface area contributed by atoms with Crippen LogP contribution < -0.4 is 10.0 Å². The number of thiol groups is 1. The molecule has 0 bridgehead atoms. The van der Waals surface area contributed by atoms with Crippen molar-refractivity contribution in [1.82, 2.24) is 15.2 Å². The summed E-state index contributed by atoms with van der Waals surface area (Å²) in [7, 11) is -0.583. The molecule has 1 atom stereocenters. The van der Waals surface area contributed by atoms with Gasteiger partial charge in [0.2, 0.25) is 4.90 Å². The summed E-state index contributed by atoms with van der Waals surface area (Å²) >= 11 is 0. The first-order valence-corrected chi connectivity index (χ1v) is 10.3. The van der Waals surface area contributed by atoms with Gasteiger partial charge in [-0.15, -0.1) is 0 Å². The Morgan fingerprint density at radius 2 is 1.90 bits per heavy atom. The van der Waals surface area contributed by atoms with Gasteiger partial charge in [0.1, 0.15) is 11.6 Å². The zero-order chi connectivity index (χ0) is 21.1. The zero-order valence-corrected chi connectivity index (χ0v) is 16.8. The quantitative estimate of drug-likeness (QED) is 0.312. The second-order valence-corrected chi connectivity index (χ2v) is 7.72. The molecule has 2 aromatic carbocycles. The summed E-state index contributed by atoms with van der Waals surface area (Å²) < 4.78 is 42.6. The van der Waals surface area contributed by atoms with Crippen LogP contribution in [-0.2, 0) is 15.2 Å². The van der Waals surface area contributed by atoms with E-state index in [4.69, 9.17) is 0 Å². The number of hydrogen-bond donors (Lipinski definition) is 3. The number of pyridine rings is 1. The van der Waals surface area contributed by atoms with Gasteiger partial charge >= 0.3 is 0 Å². The van der Waals surface area contributed by atoms with Crippen LogP contribution in [-0.4, -0.2) is 22.2 Å². The van der Waals surface area contributed by atoms with Gasteiger partial charge in [0.05, 0.1) is 17.6 Å². The molecular formula is C21H18F2N5OS+. The van der Waals surface area contributed by atoms with Crippen molar-refractivity contribution in [1.29, 1.82) is 0 Å². The molecule has 0 aliphatic heterocycles. The Balaban J connectivity index is 1.64. The van der Waals surface area contributed by atoms with E-state index in [2.05, 4.69) is 25.2 Å².